The van der Waals surface area contributed by atoms with Gasteiger partial charge in [-0.25, -0.2) is 4.98 Å². The topological polar surface area (TPSA) is 83.1 Å². The number of aromatic nitrogens is 1. The van der Waals surface area contributed by atoms with Gasteiger partial charge in [0.05, 0.1) is 11.3 Å². The van der Waals surface area contributed by atoms with E-state index < -0.39 is 0 Å². The second-order valence-electron chi connectivity index (χ2n) is 7.49. The van der Waals surface area contributed by atoms with Crippen molar-refractivity contribution in [1.82, 2.24) is 10.3 Å². The Bertz CT molecular complexity index is 1080. The lowest BCUT2D eigenvalue weighted by atomic mass is 10.1. The van der Waals surface area contributed by atoms with Crippen molar-refractivity contribution in [2.24, 2.45) is 5.92 Å². The number of carbonyl (C=O) groups excluding carboxylic acids is 2. The van der Waals surface area contributed by atoms with Crippen molar-refractivity contribution in [3.63, 3.8) is 0 Å². The molecule has 1 fully saturated rings. The molecule has 0 bridgehead atoms. The van der Waals surface area contributed by atoms with E-state index in [1.807, 2.05) is 49.4 Å². The number of pyridine rings is 1. The predicted octanol–water partition coefficient (Wildman–Crippen LogP) is 4.24. The van der Waals surface area contributed by atoms with Gasteiger partial charge in [0.2, 0.25) is 5.91 Å². The van der Waals surface area contributed by atoms with Gasteiger partial charge >= 0.3 is 0 Å². The number of aryl methyl sites for hydroxylation is 1. The average Bonchev–Trinajstić information content (AvgIpc) is 3.57. The lowest BCUT2D eigenvalue weighted by molar-refractivity contribution is -0.117. The zero-order valence-corrected chi connectivity index (χ0v) is 17.0. The van der Waals surface area contributed by atoms with Gasteiger partial charge in [-0.1, -0.05) is 48.5 Å². The lowest BCUT2D eigenvalue weighted by Crippen LogP contribution is -2.20. The van der Waals surface area contributed by atoms with Gasteiger partial charge in [0.15, 0.2) is 5.82 Å². The molecule has 3 aromatic rings. The first-order chi connectivity index (χ1) is 14.6. The molecule has 1 saturated carbocycles. The van der Waals surface area contributed by atoms with Gasteiger partial charge in [-0.15, -0.1) is 0 Å². The van der Waals surface area contributed by atoms with Crippen molar-refractivity contribution < 1.29 is 9.59 Å². The van der Waals surface area contributed by atoms with Crippen molar-refractivity contribution in [3.05, 3.63) is 83.6 Å². The third-order valence-corrected chi connectivity index (χ3v) is 5.39. The highest BCUT2D eigenvalue weighted by Gasteiger charge is 2.44. The largest absolute Gasteiger partial charge is 0.355 e. The molecule has 0 unspecified atom stereocenters. The molecule has 2 amide bonds. The molecule has 2 aromatic carbocycles. The molecule has 1 aliphatic rings. The van der Waals surface area contributed by atoms with E-state index in [1.165, 1.54) is 11.8 Å². The minimum atomic E-state index is -0.256. The van der Waals surface area contributed by atoms with Gasteiger partial charge in [-0.3, -0.25) is 9.59 Å². The van der Waals surface area contributed by atoms with Crippen molar-refractivity contribution >= 4 is 29.0 Å². The second kappa shape index (κ2) is 8.37. The maximum absolute atomic E-state index is 12.9. The van der Waals surface area contributed by atoms with Crippen LogP contribution in [0.1, 0.15) is 33.8 Å². The SMILES string of the molecule is CNC(=O)c1cnc(Nc2ccccc2C)c(NC(=O)[C@@H]2C[C@H]2c2ccccc2)c1. The summed E-state index contributed by atoms with van der Waals surface area (Å²) in [4.78, 5) is 29.4. The molecule has 6 nitrogen and oxygen atoms in total. The van der Waals surface area contributed by atoms with Crippen LogP contribution < -0.4 is 16.0 Å². The lowest BCUT2D eigenvalue weighted by Gasteiger charge is -2.15. The molecule has 1 heterocycles. The maximum Gasteiger partial charge on any atom is 0.252 e. The number of carbonyl (C=O) groups is 2. The summed E-state index contributed by atoms with van der Waals surface area (Å²) in [5, 5.41) is 8.85. The first kappa shape index (κ1) is 19.6. The van der Waals surface area contributed by atoms with E-state index >= 15 is 0 Å². The van der Waals surface area contributed by atoms with Gasteiger partial charge in [-0.05, 0) is 42.5 Å². The third-order valence-electron chi connectivity index (χ3n) is 5.39. The Hall–Kier alpha value is -3.67. The van der Waals surface area contributed by atoms with E-state index in [4.69, 9.17) is 0 Å². The summed E-state index contributed by atoms with van der Waals surface area (Å²) >= 11 is 0. The summed E-state index contributed by atoms with van der Waals surface area (Å²) < 4.78 is 0. The number of nitrogens with zero attached hydrogens (tertiary/aromatic N) is 1. The Morgan fingerprint density at radius 2 is 1.73 bits per heavy atom. The number of anilines is 3. The minimum Gasteiger partial charge on any atom is -0.355 e. The van der Waals surface area contributed by atoms with Crippen LogP contribution in [0.2, 0.25) is 0 Å². The Labute approximate surface area is 175 Å². The molecule has 0 saturated heterocycles. The third kappa shape index (κ3) is 4.17. The van der Waals surface area contributed by atoms with E-state index in [2.05, 4.69) is 33.1 Å². The number of nitrogens with one attached hydrogen (secondary N) is 3. The Balaban J connectivity index is 1.57. The van der Waals surface area contributed by atoms with E-state index in [1.54, 1.807) is 13.1 Å². The summed E-state index contributed by atoms with van der Waals surface area (Å²) in [6.45, 7) is 1.99. The molecule has 2 atom stereocenters. The summed E-state index contributed by atoms with van der Waals surface area (Å²) in [7, 11) is 1.56. The highest BCUT2D eigenvalue weighted by Crippen LogP contribution is 2.48. The van der Waals surface area contributed by atoms with Crippen LogP contribution in [0.3, 0.4) is 0 Å². The number of rotatable bonds is 6. The number of amides is 2. The Morgan fingerprint density at radius 1 is 1.00 bits per heavy atom. The number of hydrogen-bond acceptors (Lipinski definition) is 4. The van der Waals surface area contributed by atoms with Crippen LogP contribution in [0.5, 0.6) is 0 Å². The van der Waals surface area contributed by atoms with E-state index in [-0.39, 0.29) is 23.7 Å². The van der Waals surface area contributed by atoms with Gasteiger partial charge < -0.3 is 16.0 Å². The van der Waals surface area contributed by atoms with E-state index in [0.29, 0.717) is 17.1 Å². The molecule has 1 aromatic heterocycles. The fourth-order valence-electron chi connectivity index (χ4n) is 3.55. The molecule has 30 heavy (non-hydrogen) atoms. The number of benzene rings is 2. The van der Waals surface area contributed by atoms with Crippen LogP contribution in [0.25, 0.3) is 0 Å². The predicted molar refractivity (Wildman–Crippen MR) is 118 cm³/mol. The Kier molecular flexibility index (Phi) is 5.48. The number of para-hydroxylation sites is 1. The van der Waals surface area contributed by atoms with Crippen molar-refractivity contribution in [2.75, 3.05) is 17.7 Å². The van der Waals surface area contributed by atoms with Crippen LogP contribution in [0.4, 0.5) is 17.2 Å². The molecule has 0 spiro atoms. The summed E-state index contributed by atoms with van der Waals surface area (Å²) in [5.74, 6) is 0.334. The van der Waals surface area contributed by atoms with Gasteiger partial charge in [0, 0.05) is 24.8 Å². The fraction of sp³-hybridized carbons (Fsp3) is 0.208. The van der Waals surface area contributed by atoms with Gasteiger partial charge in [-0.2, -0.15) is 0 Å². The first-order valence-electron chi connectivity index (χ1n) is 9.97. The Morgan fingerprint density at radius 3 is 2.47 bits per heavy atom. The standard InChI is InChI=1S/C24H24N4O2/c1-15-8-6-7-11-20(15)27-22-21(12-17(14-26-22)23(29)25-2)28-24(30)19-13-18(19)16-9-4-3-5-10-16/h3-12,14,18-19H,13H2,1-2H3,(H,25,29)(H,26,27)(H,28,30)/t18-,19+/m0/s1. The molecule has 3 N–H and O–H groups in total. The van der Waals surface area contributed by atoms with Crippen molar-refractivity contribution in [2.45, 2.75) is 19.3 Å². The smallest absolute Gasteiger partial charge is 0.252 e. The molecule has 0 aliphatic heterocycles. The normalized spacial score (nSPS) is 17.1. The van der Waals surface area contributed by atoms with Crippen molar-refractivity contribution in [1.29, 1.82) is 0 Å². The molecular weight excluding hydrogens is 376 g/mol. The van der Waals surface area contributed by atoms with Gasteiger partial charge in [0.25, 0.3) is 5.91 Å². The monoisotopic (exact) mass is 400 g/mol. The molecule has 152 valence electrons. The molecule has 4 rings (SSSR count). The van der Waals surface area contributed by atoms with Gasteiger partial charge in [0.1, 0.15) is 0 Å². The fourth-order valence-corrected chi connectivity index (χ4v) is 3.55. The molecule has 0 radical (unpaired) electrons. The highest BCUT2D eigenvalue weighted by molar-refractivity contribution is 6.01. The van der Waals surface area contributed by atoms with E-state index in [9.17, 15) is 9.59 Å². The molecule has 1 aliphatic carbocycles. The quantitative estimate of drug-likeness (QED) is 0.578. The summed E-state index contributed by atoms with van der Waals surface area (Å²) in [5.41, 5.74) is 4.00. The highest BCUT2D eigenvalue weighted by atomic mass is 16.2. The average molecular weight is 400 g/mol. The van der Waals surface area contributed by atoms with Crippen molar-refractivity contribution in [3.8, 4) is 0 Å². The summed E-state index contributed by atoms with van der Waals surface area (Å²) in [6.07, 6.45) is 2.32. The summed E-state index contributed by atoms with van der Waals surface area (Å²) in [6, 6.07) is 19.5. The zero-order chi connectivity index (χ0) is 21.1. The molecule has 6 heteroatoms. The second-order valence-corrected chi connectivity index (χ2v) is 7.49. The van der Waals surface area contributed by atoms with Crippen LogP contribution in [0, 0.1) is 12.8 Å². The zero-order valence-electron chi connectivity index (χ0n) is 17.0. The van der Waals surface area contributed by atoms with Crippen LogP contribution in [0.15, 0.2) is 66.9 Å². The van der Waals surface area contributed by atoms with Crippen LogP contribution in [-0.2, 0) is 4.79 Å². The minimum absolute atomic E-state index is 0.0625. The maximum atomic E-state index is 12.9. The van der Waals surface area contributed by atoms with Crippen LogP contribution >= 0.6 is 0 Å². The number of hydrogen-bond donors (Lipinski definition) is 3. The molecular formula is C24H24N4O2. The van der Waals surface area contributed by atoms with E-state index in [0.717, 1.165) is 17.7 Å². The van der Waals surface area contributed by atoms with Crippen LogP contribution in [-0.4, -0.2) is 23.8 Å². The first-order valence-corrected chi connectivity index (χ1v) is 9.97.